The molecule has 2 fully saturated rings. The number of likely N-dealkylation sites (tertiary alicyclic amines) is 1. The first-order chi connectivity index (χ1) is 9.22. The summed E-state index contributed by atoms with van der Waals surface area (Å²) in [6.07, 6.45) is 6.52. The molecular formula is C15H28N2O2. The van der Waals surface area contributed by atoms with Crippen LogP contribution in [0.3, 0.4) is 0 Å². The van der Waals surface area contributed by atoms with Crippen molar-refractivity contribution in [3.05, 3.63) is 0 Å². The van der Waals surface area contributed by atoms with E-state index in [1.165, 1.54) is 0 Å². The topological polar surface area (TPSA) is 41.6 Å². The lowest BCUT2D eigenvalue weighted by atomic mass is 10.0. The Hall–Kier alpha value is -0.610. The summed E-state index contributed by atoms with van der Waals surface area (Å²) in [7, 11) is 0. The van der Waals surface area contributed by atoms with E-state index in [2.05, 4.69) is 17.1 Å². The zero-order valence-electron chi connectivity index (χ0n) is 12.4. The van der Waals surface area contributed by atoms with E-state index < -0.39 is 0 Å². The predicted molar refractivity (Wildman–Crippen MR) is 76.1 cm³/mol. The Balaban J connectivity index is 1.88. The van der Waals surface area contributed by atoms with Gasteiger partial charge in [0.2, 0.25) is 0 Å². The number of hydrogen-bond donors (Lipinski definition) is 1. The van der Waals surface area contributed by atoms with E-state index in [1.807, 2.05) is 6.92 Å². The second-order valence-electron chi connectivity index (χ2n) is 5.91. The van der Waals surface area contributed by atoms with Crippen molar-refractivity contribution in [2.75, 3.05) is 19.6 Å². The molecule has 4 nitrogen and oxygen atoms in total. The molecule has 2 atom stereocenters. The van der Waals surface area contributed by atoms with Crippen molar-refractivity contribution in [3.63, 3.8) is 0 Å². The minimum atomic E-state index is 0.0111. The number of carbonyl (C=O) groups is 1. The van der Waals surface area contributed by atoms with Crippen LogP contribution in [0, 0.1) is 0 Å². The number of ether oxygens (including phenoxy) is 1. The summed E-state index contributed by atoms with van der Waals surface area (Å²) in [5.41, 5.74) is 0. The Kier molecular flexibility index (Phi) is 5.64. The fourth-order valence-corrected chi connectivity index (χ4v) is 3.36. The number of esters is 1. The van der Waals surface area contributed by atoms with E-state index in [9.17, 15) is 4.79 Å². The predicted octanol–water partition coefficient (Wildman–Crippen LogP) is 1.93. The highest BCUT2D eigenvalue weighted by molar-refractivity contribution is 5.76. The summed E-state index contributed by atoms with van der Waals surface area (Å²) in [4.78, 5) is 14.7. The Morgan fingerprint density at radius 2 is 2.11 bits per heavy atom. The molecule has 4 heteroatoms. The summed E-state index contributed by atoms with van der Waals surface area (Å²) < 4.78 is 5.60. The van der Waals surface area contributed by atoms with Crippen LogP contribution in [0.1, 0.15) is 52.4 Å². The van der Waals surface area contributed by atoms with Gasteiger partial charge >= 0.3 is 5.97 Å². The zero-order chi connectivity index (χ0) is 13.7. The minimum absolute atomic E-state index is 0.0111. The van der Waals surface area contributed by atoms with Crippen molar-refractivity contribution in [1.29, 1.82) is 0 Å². The van der Waals surface area contributed by atoms with Crippen LogP contribution >= 0.6 is 0 Å². The van der Waals surface area contributed by atoms with Gasteiger partial charge in [0.05, 0.1) is 6.10 Å². The molecule has 2 saturated heterocycles. The molecule has 0 amide bonds. The van der Waals surface area contributed by atoms with Gasteiger partial charge in [0.25, 0.3) is 0 Å². The second-order valence-corrected chi connectivity index (χ2v) is 5.91. The summed E-state index contributed by atoms with van der Waals surface area (Å²) in [5.74, 6) is 0.0111. The molecule has 0 spiro atoms. The molecule has 2 aliphatic rings. The van der Waals surface area contributed by atoms with Gasteiger partial charge in [-0.1, -0.05) is 13.3 Å². The summed E-state index contributed by atoms with van der Waals surface area (Å²) in [6.45, 7) is 7.35. The van der Waals surface area contributed by atoms with Crippen LogP contribution in [0.15, 0.2) is 0 Å². The smallest absolute Gasteiger partial charge is 0.323 e. The molecule has 0 aromatic heterocycles. The zero-order valence-corrected chi connectivity index (χ0v) is 12.4. The van der Waals surface area contributed by atoms with Crippen molar-refractivity contribution in [2.24, 2.45) is 0 Å². The molecule has 2 rings (SSSR count). The lowest BCUT2D eigenvalue weighted by Crippen LogP contribution is -2.48. The average Bonchev–Trinajstić information content (AvgIpc) is 2.89. The molecule has 2 heterocycles. The number of carbonyl (C=O) groups excluding carboxylic acids is 1. The molecule has 0 bridgehead atoms. The highest BCUT2D eigenvalue weighted by Crippen LogP contribution is 2.25. The third kappa shape index (κ3) is 3.93. The fraction of sp³-hybridized carbons (Fsp3) is 0.933. The Labute approximate surface area is 116 Å². The third-order valence-corrected chi connectivity index (χ3v) is 4.36. The van der Waals surface area contributed by atoms with E-state index >= 15 is 0 Å². The first-order valence-corrected chi connectivity index (χ1v) is 7.89. The highest BCUT2D eigenvalue weighted by atomic mass is 16.5. The van der Waals surface area contributed by atoms with Gasteiger partial charge in [0, 0.05) is 6.04 Å². The van der Waals surface area contributed by atoms with Crippen LogP contribution in [0.4, 0.5) is 0 Å². The lowest BCUT2D eigenvalue weighted by Gasteiger charge is -2.35. The van der Waals surface area contributed by atoms with Gasteiger partial charge in [-0.25, -0.2) is 0 Å². The number of piperidine rings is 1. The Morgan fingerprint density at radius 3 is 2.79 bits per heavy atom. The number of hydrogen-bond acceptors (Lipinski definition) is 4. The van der Waals surface area contributed by atoms with Crippen molar-refractivity contribution < 1.29 is 9.53 Å². The van der Waals surface area contributed by atoms with Crippen LogP contribution in [0.2, 0.25) is 0 Å². The van der Waals surface area contributed by atoms with Crippen LogP contribution in [-0.2, 0) is 9.53 Å². The molecule has 19 heavy (non-hydrogen) atoms. The molecule has 2 unspecified atom stereocenters. The second kappa shape index (κ2) is 7.25. The molecule has 0 saturated carbocycles. The van der Waals surface area contributed by atoms with Crippen molar-refractivity contribution in [3.8, 4) is 0 Å². The van der Waals surface area contributed by atoms with Crippen LogP contribution in [0.5, 0.6) is 0 Å². The molecular weight excluding hydrogens is 240 g/mol. The molecule has 0 radical (unpaired) electrons. The monoisotopic (exact) mass is 268 g/mol. The van der Waals surface area contributed by atoms with Gasteiger partial charge in [-0.15, -0.1) is 0 Å². The van der Waals surface area contributed by atoms with Gasteiger partial charge in [-0.05, 0) is 58.7 Å². The summed E-state index contributed by atoms with van der Waals surface area (Å²) in [6, 6.07) is 0.588. The lowest BCUT2D eigenvalue weighted by molar-refractivity contribution is -0.154. The van der Waals surface area contributed by atoms with Crippen LogP contribution in [-0.4, -0.2) is 48.7 Å². The van der Waals surface area contributed by atoms with E-state index in [0.29, 0.717) is 6.04 Å². The van der Waals surface area contributed by atoms with Gasteiger partial charge in [0.1, 0.15) is 6.04 Å². The molecule has 0 aromatic rings. The van der Waals surface area contributed by atoms with Gasteiger partial charge in [-0.2, -0.15) is 0 Å². The quantitative estimate of drug-likeness (QED) is 0.774. The van der Waals surface area contributed by atoms with Crippen molar-refractivity contribution in [2.45, 2.75) is 70.6 Å². The SMILES string of the molecule is CCCC(C)OC(=O)C1CCCN1C1CCNCC1. The average molecular weight is 268 g/mol. The largest absolute Gasteiger partial charge is 0.462 e. The molecule has 110 valence electrons. The van der Waals surface area contributed by atoms with Crippen molar-refractivity contribution in [1.82, 2.24) is 10.2 Å². The standard InChI is InChI=1S/C15H28N2O2/c1-3-5-12(2)19-15(18)14-6-4-11-17(14)13-7-9-16-10-8-13/h12-14,16H,3-11H2,1-2H3. The number of nitrogens with zero attached hydrogens (tertiary/aromatic N) is 1. The highest BCUT2D eigenvalue weighted by Gasteiger charge is 2.37. The van der Waals surface area contributed by atoms with Gasteiger partial charge in [0.15, 0.2) is 0 Å². The maximum Gasteiger partial charge on any atom is 0.323 e. The van der Waals surface area contributed by atoms with E-state index in [-0.39, 0.29) is 18.1 Å². The summed E-state index contributed by atoms with van der Waals surface area (Å²) in [5, 5.41) is 3.39. The maximum atomic E-state index is 12.3. The summed E-state index contributed by atoms with van der Waals surface area (Å²) >= 11 is 0. The fourth-order valence-electron chi connectivity index (χ4n) is 3.36. The van der Waals surface area contributed by atoms with Gasteiger partial charge in [-0.3, -0.25) is 9.69 Å². The third-order valence-electron chi connectivity index (χ3n) is 4.36. The van der Waals surface area contributed by atoms with Gasteiger partial charge < -0.3 is 10.1 Å². The van der Waals surface area contributed by atoms with Crippen LogP contribution in [0.25, 0.3) is 0 Å². The maximum absolute atomic E-state index is 12.3. The molecule has 2 aliphatic heterocycles. The first kappa shape index (κ1) is 14.8. The van der Waals surface area contributed by atoms with E-state index in [0.717, 1.165) is 58.2 Å². The van der Waals surface area contributed by atoms with Crippen LogP contribution < -0.4 is 5.32 Å². The molecule has 0 aliphatic carbocycles. The normalized spacial score (nSPS) is 27.4. The minimum Gasteiger partial charge on any atom is -0.462 e. The Morgan fingerprint density at radius 1 is 1.37 bits per heavy atom. The van der Waals surface area contributed by atoms with E-state index in [4.69, 9.17) is 4.74 Å². The first-order valence-electron chi connectivity index (χ1n) is 7.89. The molecule has 1 N–H and O–H groups in total. The number of nitrogens with one attached hydrogen (secondary N) is 1. The van der Waals surface area contributed by atoms with E-state index in [1.54, 1.807) is 0 Å². The molecule has 0 aromatic carbocycles. The number of rotatable bonds is 5. The Bertz CT molecular complexity index is 290. The van der Waals surface area contributed by atoms with Crippen molar-refractivity contribution >= 4 is 5.97 Å².